The van der Waals surface area contributed by atoms with Crippen molar-refractivity contribution < 1.29 is 22.1 Å². The third-order valence-electron chi connectivity index (χ3n) is 6.86. The van der Waals surface area contributed by atoms with Gasteiger partial charge in [-0.2, -0.15) is 8.42 Å². The summed E-state index contributed by atoms with van der Waals surface area (Å²) in [6.45, 7) is 2.61. The molecule has 0 radical (unpaired) electrons. The molecule has 5 rings (SSSR count). The summed E-state index contributed by atoms with van der Waals surface area (Å²) in [4.78, 5) is 25.8. The van der Waals surface area contributed by atoms with Crippen LogP contribution in [0.15, 0.2) is 76.7 Å². The van der Waals surface area contributed by atoms with Crippen LogP contribution in [0.5, 0.6) is 0 Å². The number of amides is 1. The Hall–Kier alpha value is -4.32. The minimum absolute atomic E-state index is 0.0139. The van der Waals surface area contributed by atoms with Crippen LogP contribution in [0.2, 0.25) is 0 Å². The highest BCUT2D eigenvalue weighted by molar-refractivity contribution is 7.92. The fraction of sp³-hybridized carbons (Fsp3) is 0.259. The lowest BCUT2D eigenvalue weighted by Gasteiger charge is -2.33. The molecule has 10 nitrogen and oxygen atoms in total. The Bertz CT molecular complexity index is 1560. The highest BCUT2D eigenvalue weighted by Gasteiger charge is 2.31. The van der Waals surface area contributed by atoms with E-state index >= 15 is 0 Å². The molecule has 12 heteroatoms. The van der Waals surface area contributed by atoms with E-state index in [9.17, 15) is 17.6 Å². The molecule has 1 N–H and O–H groups in total. The quantitative estimate of drug-likeness (QED) is 0.357. The molecule has 4 heterocycles. The number of hydrogen-bond acceptors (Lipinski definition) is 8. The van der Waals surface area contributed by atoms with Crippen LogP contribution in [0.3, 0.4) is 0 Å². The number of halogens is 1. The van der Waals surface area contributed by atoms with E-state index in [0.29, 0.717) is 24.6 Å². The first kappa shape index (κ1) is 26.3. The van der Waals surface area contributed by atoms with Crippen LogP contribution in [0.4, 0.5) is 21.7 Å². The van der Waals surface area contributed by atoms with Gasteiger partial charge in [0.25, 0.3) is 15.9 Å². The summed E-state index contributed by atoms with van der Waals surface area (Å²) in [6.07, 6.45) is 5.62. The Morgan fingerprint density at radius 3 is 2.49 bits per heavy atom. The molecule has 0 spiro atoms. The molecular weight excluding hydrogens is 523 g/mol. The van der Waals surface area contributed by atoms with Crippen molar-refractivity contribution in [2.45, 2.75) is 30.7 Å². The predicted octanol–water partition coefficient (Wildman–Crippen LogP) is 4.50. The molecule has 1 amide bonds. The van der Waals surface area contributed by atoms with Crippen LogP contribution < -0.4 is 9.62 Å². The van der Waals surface area contributed by atoms with Crippen LogP contribution >= 0.6 is 0 Å². The fourth-order valence-corrected chi connectivity index (χ4v) is 6.05. The number of anilines is 3. The van der Waals surface area contributed by atoms with Gasteiger partial charge in [0.2, 0.25) is 0 Å². The predicted molar refractivity (Wildman–Crippen MR) is 143 cm³/mol. The Morgan fingerprint density at radius 2 is 1.85 bits per heavy atom. The molecule has 39 heavy (non-hydrogen) atoms. The molecule has 1 aliphatic rings. The van der Waals surface area contributed by atoms with Crippen LogP contribution in [0.25, 0.3) is 0 Å². The second-order valence-electron chi connectivity index (χ2n) is 9.31. The highest BCUT2D eigenvalue weighted by Crippen LogP contribution is 2.35. The molecule has 4 aromatic rings. The Kier molecular flexibility index (Phi) is 7.29. The fourth-order valence-electron chi connectivity index (χ4n) is 4.88. The zero-order valence-electron chi connectivity index (χ0n) is 21.4. The maximum atomic E-state index is 13.8. The normalized spacial score (nSPS) is 14.3. The number of nitrogens with one attached hydrogen (secondary N) is 1. The van der Waals surface area contributed by atoms with Crippen LogP contribution in [-0.4, -0.2) is 54.5 Å². The van der Waals surface area contributed by atoms with Crippen molar-refractivity contribution in [3.8, 4) is 0 Å². The maximum Gasteiger partial charge on any atom is 0.280 e. The van der Waals surface area contributed by atoms with Crippen molar-refractivity contribution >= 4 is 33.3 Å². The molecule has 1 saturated heterocycles. The Labute approximate surface area is 225 Å². The number of likely N-dealkylation sites (tertiary alicyclic amines) is 1. The van der Waals surface area contributed by atoms with Crippen molar-refractivity contribution in [2.24, 2.45) is 0 Å². The van der Waals surface area contributed by atoms with Gasteiger partial charge < -0.3 is 14.3 Å². The lowest BCUT2D eigenvalue weighted by atomic mass is 9.89. The number of pyridine rings is 2. The van der Waals surface area contributed by atoms with Gasteiger partial charge in [0.15, 0.2) is 10.8 Å². The summed E-state index contributed by atoms with van der Waals surface area (Å²) in [5, 5.41) is 3.37. The lowest BCUT2D eigenvalue weighted by molar-refractivity contribution is 0.0713. The van der Waals surface area contributed by atoms with Gasteiger partial charge >= 0.3 is 0 Å². The summed E-state index contributed by atoms with van der Waals surface area (Å²) in [5.41, 5.74) is 1.98. The lowest BCUT2D eigenvalue weighted by Crippen LogP contribution is -2.38. The third kappa shape index (κ3) is 5.46. The third-order valence-corrected chi connectivity index (χ3v) is 8.25. The Balaban J connectivity index is 1.47. The monoisotopic (exact) mass is 550 g/mol. The van der Waals surface area contributed by atoms with E-state index in [-0.39, 0.29) is 39.6 Å². The number of rotatable bonds is 7. The van der Waals surface area contributed by atoms with Gasteiger partial charge in [-0.15, -0.1) is 0 Å². The molecule has 0 unspecified atom stereocenters. The van der Waals surface area contributed by atoms with Crippen LogP contribution in [0.1, 0.15) is 40.2 Å². The molecule has 1 aliphatic heterocycles. The van der Waals surface area contributed by atoms with Crippen molar-refractivity contribution in [3.05, 3.63) is 89.7 Å². The molecule has 202 valence electrons. The van der Waals surface area contributed by atoms with Gasteiger partial charge in [-0.25, -0.2) is 14.4 Å². The summed E-state index contributed by atoms with van der Waals surface area (Å²) in [7, 11) is -2.42. The van der Waals surface area contributed by atoms with E-state index in [0.717, 1.165) is 18.4 Å². The molecular formula is C27H27FN6O4S. The Morgan fingerprint density at radius 1 is 1.10 bits per heavy atom. The summed E-state index contributed by atoms with van der Waals surface area (Å²) >= 11 is 0. The topological polar surface area (TPSA) is 122 Å². The van der Waals surface area contributed by atoms with Gasteiger partial charge in [0.05, 0.1) is 11.3 Å². The number of carbonyl (C=O) groups excluding carboxylic acids is 1. The molecule has 0 saturated carbocycles. The molecule has 0 aliphatic carbocycles. The van der Waals surface area contributed by atoms with E-state index in [4.69, 9.17) is 4.52 Å². The number of hydrogen-bond donors (Lipinski definition) is 1. The van der Waals surface area contributed by atoms with Crippen LogP contribution in [0, 0.1) is 12.7 Å². The molecule has 3 aromatic heterocycles. The van der Waals surface area contributed by atoms with E-state index < -0.39 is 10.0 Å². The van der Waals surface area contributed by atoms with Gasteiger partial charge in [-0.05, 0) is 55.5 Å². The number of carbonyl (C=O) groups is 1. The average molecular weight is 551 g/mol. The average Bonchev–Trinajstić information content (AvgIpc) is 3.45. The van der Waals surface area contributed by atoms with Crippen molar-refractivity contribution in [1.29, 1.82) is 0 Å². The zero-order chi connectivity index (χ0) is 27.6. The maximum absolute atomic E-state index is 13.8. The molecule has 0 bridgehead atoms. The first-order chi connectivity index (χ1) is 18.7. The summed E-state index contributed by atoms with van der Waals surface area (Å²) < 4.78 is 46.8. The van der Waals surface area contributed by atoms with E-state index in [1.807, 2.05) is 0 Å². The largest absolute Gasteiger partial charge is 0.363 e. The highest BCUT2D eigenvalue weighted by atomic mass is 32.2. The minimum Gasteiger partial charge on any atom is -0.363 e. The van der Waals surface area contributed by atoms with Crippen molar-refractivity contribution in [3.63, 3.8) is 0 Å². The second kappa shape index (κ2) is 10.8. The van der Waals surface area contributed by atoms with Gasteiger partial charge in [-0.1, -0.05) is 23.4 Å². The van der Waals surface area contributed by atoms with Gasteiger partial charge in [0.1, 0.15) is 17.9 Å². The second-order valence-corrected chi connectivity index (χ2v) is 10.9. The van der Waals surface area contributed by atoms with E-state index in [1.54, 1.807) is 60.3 Å². The van der Waals surface area contributed by atoms with Crippen molar-refractivity contribution in [1.82, 2.24) is 20.0 Å². The van der Waals surface area contributed by atoms with Crippen molar-refractivity contribution in [2.75, 3.05) is 29.8 Å². The number of sulfonamides is 1. The number of piperidine rings is 1. The van der Waals surface area contributed by atoms with E-state index in [2.05, 4.69) is 19.8 Å². The number of aromatic nitrogens is 3. The summed E-state index contributed by atoms with van der Waals surface area (Å²) in [5.74, 6) is 0.235. The van der Waals surface area contributed by atoms with Gasteiger partial charge in [0, 0.05) is 44.2 Å². The minimum atomic E-state index is -4.14. The SMILES string of the molecule is Cc1c(S(=O)(=O)Nc2ccon2)ncc(C(=O)N2CCC(c3ccc(F)cc3)CC2)c1N(C)c1ccccn1. The first-order valence-corrected chi connectivity index (χ1v) is 13.8. The summed E-state index contributed by atoms with van der Waals surface area (Å²) in [6, 6.07) is 13.2. The van der Waals surface area contributed by atoms with E-state index in [1.165, 1.54) is 30.7 Å². The molecule has 1 fully saturated rings. The molecule has 0 atom stereocenters. The first-order valence-electron chi connectivity index (χ1n) is 12.4. The van der Waals surface area contributed by atoms with Gasteiger partial charge in [-0.3, -0.25) is 9.52 Å². The number of benzene rings is 1. The standard InChI is InChI=1S/C27H27FN6O4S/c1-18-25(33(2)24-5-3-4-13-29-24)22(17-30-26(18)39(36,37)32-23-12-16-38-31-23)27(35)34-14-10-20(11-15-34)19-6-8-21(28)9-7-19/h3-9,12-13,16-17,20H,10-11,14-15H2,1-2H3,(H,31,32). The molecule has 1 aromatic carbocycles. The van der Waals surface area contributed by atoms with Crippen LogP contribution in [-0.2, 0) is 10.0 Å². The smallest absolute Gasteiger partial charge is 0.280 e. The zero-order valence-corrected chi connectivity index (χ0v) is 22.2. The number of nitrogens with zero attached hydrogens (tertiary/aromatic N) is 5.